The molecule has 6 nitrogen and oxygen atoms in total. The molecule has 0 spiro atoms. The molecule has 1 aliphatic rings. The van der Waals surface area contributed by atoms with Crippen molar-refractivity contribution in [1.29, 1.82) is 0 Å². The van der Waals surface area contributed by atoms with Crippen molar-refractivity contribution in [2.24, 2.45) is 0 Å². The van der Waals surface area contributed by atoms with Gasteiger partial charge in [0.05, 0.1) is 6.61 Å². The second-order valence-electron chi connectivity index (χ2n) is 7.13. The van der Waals surface area contributed by atoms with Crippen molar-refractivity contribution in [2.75, 3.05) is 31.6 Å². The molecule has 1 fully saturated rings. The van der Waals surface area contributed by atoms with Crippen LogP contribution in [0.15, 0.2) is 42.5 Å². The van der Waals surface area contributed by atoms with Crippen molar-refractivity contribution >= 4 is 17.5 Å². The fourth-order valence-electron chi connectivity index (χ4n) is 3.49. The molecule has 1 aliphatic heterocycles. The molecular weight excluding hydrogens is 413 g/mol. The van der Waals surface area contributed by atoms with Crippen molar-refractivity contribution in [3.8, 4) is 11.5 Å². The number of alkyl halides is 2. The number of nitrogens with zero attached hydrogens (tertiary/aromatic N) is 2. The first-order valence-corrected chi connectivity index (χ1v) is 9.80. The van der Waals surface area contributed by atoms with E-state index in [2.05, 4.69) is 4.74 Å². The molecule has 0 aliphatic carbocycles. The molecule has 0 radical (unpaired) electrons. The maximum absolute atomic E-state index is 13.4. The largest absolute Gasteiger partial charge is 0.490 e. The van der Waals surface area contributed by atoms with Gasteiger partial charge in [-0.05, 0) is 42.8 Å². The lowest BCUT2D eigenvalue weighted by atomic mass is 9.98. The van der Waals surface area contributed by atoms with Gasteiger partial charge < -0.3 is 19.3 Å². The molecule has 9 heteroatoms. The topological polar surface area (TPSA) is 59.1 Å². The van der Waals surface area contributed by atoms with Crippen LogP contribution in [-0.2, 0) is 9.59 Å². The van der Waals surface area contributed by atoms with Gasteiger partial charge in [0.25, 0.3) is 0 Å². The van der Waals surface area contributed by atoms with Crippen LogP contribution < -0.4 is 14.4 Å². The second-order valence-corrected chi connectivity index (χ2v) is 7.13. The number of halogens is 3. The van der Waals surface area contributed by atoms with E-state index in [1.807, 2.05) is 0 Å². The van der Waals surface area contributed by atoms with Crippen LogP contribution >= 0.6 is 0 Å². The highest BCUT2D eigenvalue weighted by atomic mass is 19.3. The molecule has 1 saturated heterocycles. The Labute approximate surface area is 178 Å². The van der Waals surface area contributed by atoms with Crippen LogP contribution in [0.1, 0.15) is 24.8 Å². The first-order valence-electron chi connectivity index (χ1n) is 9.80. The second kappa shape index (κ2) is 9.72. The van der Waals surface area contributed by atoms with E-state index in [1.54, 1.807) is 25.1 Å². The summed E-state index contributed by atoms with van der Waals surface area (Å²) in [5, 5.41) is 0. The monoisotopic (exact) mass is 436 g/mol. The number of rotatable bonds is 8. The number of ether oxygens (including phenoxy) is 2. The molecule has 0 aromatic heterocycles. The normalized spacial score (nSPS) is 16.0. The van der Waals surface area contributed by atoms with Gasteiger partial charge in [-0.1, -0.05) is 12.1 Å². The summed E-state index contributed by atoms with van der Waals surface area (Å²) in [7, 11) is 1.52. The quantitative estimate of drug-likeness (QED) is 0.632. The van der Waals surface area contributed by atoms with Crippen LogP contribution in [0.2, 0.25) is 0 Å². The van der Waals surface area contributed by atoms with Crippen molar-refractivity contribution < 1.29 is 32.2 Å². The highest BCUT2D eigenvalue weighted by Crippen LogP contribution is 2.36. The van der Waals surface area contributed by atoms with Crippen LogP contribution in [0.3, 0.4) is 0 Å². The van der Waals surface area contributed by atoms with E-state index < -0.39 is 12.4 Å². The third-order valence-electron chi connectivity index (χ3n) is 5.07. The number of hydrogen-bond acceptors (Lipinski definition) is 4. The summed E-state index contributed by atoms with van der Waals surface area (Å²) in [6, 6.07) is 10.2. The number of hydrogen-bond donors (Lipinski definition) is 0. The van der Waals surface area contributed by atoms with Gasteiger partial charge >= 0.3 is 6.61 Å². The van der Waals surface area contributed by atoms with Crippen LogP contribution in [-0.4, -0.2) is 50.1 Å². The predicted molar refractivity (Wildman–Crippen MR) is 108 cm³/mol. The highest BCUT2D eigenvalue weighted by Gasteiger charge is 2.33. The molecule has 3 rings (SSSR count). The summed E-state index contributed by atoms with van der Waals surface area (Å²) in [5.41, 5.74) is 1.12. The zero-order chi connectivity index (χ0) is 22.5. The average molecular weight is 436 g/mol. The molecule has 1 atom stereocenters. The Bertz CT molecular complexity index is 954. The number of amides is 2. The molecule has 2 aromatic rings. The smallest absolute Gasteiger partial charge is 0.387 e. The number of carbonyl (C=O) groups is 2. The van der Waals surface area contributed by atoms with E-state index in [-0.39, 0.29) is 48.8 Å². The van der Waals surface area contributed by atoms with Gasteiger partial charge in [-0.25, -0.2) is 4.39 Å². The van der Waals surface area contributed by atoms with Crippen molar-refractivity contribution in [3.05, 3.63) is 53.8 Å². The maximum atomic E-state index is 13.4. The lowest BCUT2D eigenvalue weighted by Gasteiger charge is -2.22. The van der Waals surface area contributed by atoms with Crippen LogP contribution in [0.4, 0.5) is 18.9 Å². The molecule has 2 amide bonds. The maximum Gasteiger partial charge on any atom is 0.387 e. The van der Waals surface area contributed by atoms with E-state index in [1.165, 1.54) is 41.1 Å². The van der Waals surface area contributed by atoms with Gasteiger partial charge in [-0.15, -0.1) is 0 Å². The Morgan fingerprint density at radius 2 is 2.00 bits per heavy atom. The van der Waals surface area contributed by atoms with Gasteiger partial charge in [0, 0.05) is 31.6 Å². The first kappa shape index (κ1) is 22.5. The molecule has 31 heavy (non-hydrogen) atoms. The van der Waals surface area contributed by atoms with Crippen LogP contribution in [0, 0.1) is 5.82 Å². The van der Waals surface area contributed by atoms with Crippen molar-refractivity contribution in [1.82, 2.24) is 4.90 Å². The van der Waals surface area contributed by atoms with Gasteiger partial charge in [0.15, 0.2) is 11.5 Å². The molecule has 1 heterocycles. The van der Waals surface area contributed by atoms with Crippen molar-refractivity contribution in [3.63, 3.8) is 0 Å². The molecular formula is C22H23F3N2O4. The van der Waals surface area contributed by atoms with Crippen LogP contribution in [0.5, 0.6) is 11.5 Å². The third-order valence-corrected chi connectivity index (χ3v) is 5.07. The minimum atomic E-state index is -2.98. The van der Waals surface area contributed by atoms with Gasteiger partial charge in [0.2, 0.25) is 11.8 Å². The number of benzene rings is 2. The molecule has 0 unspecified atom stereocenters. The Kier molecular flexibility index (Phi) is 7.04. The number of likely N-dealkylation sites (tertiary alicyclic amines) is 1. The lowest BCUT2D eigenvalue weighted by molar-refractivity contribution is -0.132. The number of likely N-dealkylation sites (N-methyl/N-ethyl adjacent to an activating group) is 1. The molecule has 0 bridgehead atoms. The van der Waals surface area contributed by atoms with E-state index >= 15 is 0 Å². The zero-order valence-corrected chi connectivity index (χ0v) is 17.2. The summed E-state index contributed by atoms with van der Waals surface area (Å²) in [6.07, 6.45) is 0.178. The van der Waals surface area contributed by atoms with Crippen molar-refractivity contribution in [2.45, 2.75) is 25.9 Å². The molecule has 0 saturated carbocycles. The third kappa shape index (κ3) is 5.48. The Morgan fingerprint density at radius 3 is 2.68 bits per heavy atom. The summed E-state index contributed by atoms with van der Waals surface area (Å²) in [4.78, 5) is 27.8. The minimum absolute atomic E-state index is 0.0753. The van der Waals surface area contributed by atoms with Gasteiger partial charge in [0.1, 0.15) is 12.4 Å². The minimum Gasteiger partial charge on any atom is -0.490 e. The fraction of sp³-hybridized carbons (Fsp3) is 0.364. The first-order chi connectivity index (χ1) is 14.8. The molecule has 166 valence electrons. The average Bonchev–Trinajstić information content (AvgIpc) is 3.08. The summed E-state index contributed by atoms with van der Waals surface area (Å²) >= 11 is 0. The summed E-state index contributed by atoms with van der Waals surface area (Å²) in [6.45, 7) is -0.843. The summed E-state index contributed by atoms with van der Waals surface area (Å²) in [5.74, 6) is -1.13. The van der Waals surface area contributed by atoms with E-state index in [4.69, 9.17) is 4.74 Å². The fourth-order valence-corrected chi connectivity index (χ4v) is 3.49. The van der Waals surface area contributed by atoms with Gasteiger partial charge in [-0.3, -0.25) is 9.59 Å². The predicted octanol–water partition coefficient (Wildman–Crippen LogP) is 3.80. The Hall–Kier alpha value is -3.23. The van der Waals surface area contributed by atoms with E-state index in [0.717, 1.165) is 5.56 Å². The standard InChI is InChI=1S/C22H23F3N2O4/c1-3-30-19-9-14(7-8-18(19)31-22(24)25)15-10-20(28)27(12-15)13-21(29)26(2)17-6-4-5-16(23)11-17/h4-9,11,15,22H,3,10,12-13H2,1-2H3/t15-/m1/s1. The Morgan fingerprint density at radius 1 is 1.23 bits per heavy atom. The molecule has 0 N–H and O–H groups in total. The van der Waals surface area contributed by atoms with Crippen LogP contribution in [0.25, 0.3) is 0 Å². The van der Waals surface area contributed by atoms with E-state index in [9.17, 15) is 22.8 Å². The molecule has 2 aromatic carbocycles. The summed E-state index contributed by atoms with van der Waals surface area (Å²) < 4.78 is 48.5. The lowest BCUT2D eigenvalue weighted by Crippen LogP contribution is -2.39. The highest BCUT2D eigenvalue weighted by molar-refractivity contribution is 5.96. The number of anilines is 1. The van der Waals surface area contributed by atoms with E-state index in [0.29, 0.717) is 12.2 Å². The number of carbonyl (C=O) groups excluding carboxylic acids is 2. The SMILES string of the molecule is CCOc1cc([C@@H]2CC(=O)N(CC(=O)N(C)c3cccc(F)c3)C2)ccc1OC(F)F. The zero-order valence-electron chi connectivity index (χ0n) is 17.2. The van der Waals surface area contributed by atoms with Gasteiger partial charge in [-0.2, -0.15) is 8.78 Å². The Balaban J connectivity index is 1.69.